The van der Waals surface area contributed by atoms with Gasteiger partial charge in [0, 0.05) is 24.7 Å². The van der Waals surface area contributed by atoms with Gasteiger partial charge in [-0.3, -0.25) is 0 Å². The zero-order valence-electron chi connectivity index (χ0n) is 17.2. The molecule has 0 aliphatic carbocycles. The Balaban J connectivity index is 1.61. The summed E-state index contributed by atoms with van der Waals surface area (Å²) in [5.41, 5.74) is 2.74. The summed E-state index contributed by atoms with van der Waals surface area (Å²) in [5.74, 6) is 1.35. The Morgan fingerprint density at radius 2 is 2.03 bits per heavy atom. The average Bonchev–Trinajstić information content (AvgIpc) is 3.07. The molecule has 30 heavy (non-hydrogen) atoms. The van der Waals surface area contributed by atoms with Gasteiger partial charge in [0.15, 0.2) is 0 Å². The zero-order valence-corrected chi connectivity index (χ0v) is 17.9. The highest BCUT2D eigenvalue weighted by atomic mass is 35.5. The number of nitriles is 1. The summed E-state index contributed by atoms with van der Waals surface area (Å²) in [6.07, 6.45) is -0.346. The standard InChI is InChI=1S/C22H26ClN5O2/c1-27(2)11-12-28-21-13-17(23)5-8-20(21)26-22(28)25-14-18(29)15-30-19-6-3-16(4-7-19)9-10-24/h3-8,13,18,29H,9,11-12,14-15H2,1-2H3,(H,25,26). The summed E-state index contributed by atoms with van der Waals surface area (Å²) in [7, 11) is 4.04. The molecule has 158 valence electrons. The van der Waals surface area contributed by atoms with Crippen LogP contribution in [0.4, 0.5) is 5.95 Å². The van der Waals surface area contributed by atoms with Crippen LogP contribution in [0.3, 0.4) is 0 Å². The maximum absolute atomic E-state index is 10.3. The number of nitrogens with zero attached hydrogens (tertiary/aromatic N) is 4. The third-order valence-electron chi connectivity index (χ3n) is 4.63. The number of hydrogen-bond acceptors (Lipinski definition) is 6. The zero-order chi connectivity index (χ0) is 21.5. The van der Waals surface area contributed by atoms with E-state index in [1.54, 1.807) is 12.1 Å². The number of ether oxygens (including phenoxy) is 1. The number of nitrogens with one attached hydrogen (secondary N) is 1. The number of anilines is 1. The van der Waals surface area contributed by atoms with Crippen molar-refractivity contribution in [3.8, 4) is 11.8 Å². The molecule has 0 bridgehead atoms. The summed E-state index contributed by atoms with van der Waals surface area (Å²) >= 11 is 6.17. The average molecular weight is 428 g/mol. The van der Waals surface area contributed by atoms with Crippen LogP contribution in [0.25, 0.3) is 11.0 Å². The highest BCUT2D eigenvalue weighted by Gasteiger charge is 2.13. The van der Waals surface area contributed by atoms with E-state index in [1.165, 1.54) is 0 Å². The van der Waals surface area contributed by atoms with Crippen molar-refractivity contribution in [1.82, 2.24) is 14.5 Å². The topological polar surface area (TPSA) is 86.3 Å². The van der Waals surface area contributed by atoms with Gasteiger partial charge >= 0.3 is 0 Å². The fraction of sp³-hybridized carbons (Fsp3) is 0.364. The van der Waals surface area contributed by atoms with E-state index in [-0.39, 0.29) is 6.61 Å². The molecule has 1 aromatic heterocycles. The molecule has 0 saturated heterocycles. The SMILES string of the molecule is CN(C)CCn1c(NCC(O)COc2ccc(CC#N)cc2)nc2ccc(Cl)cc21. The Hall–Kier alpha value is -2.79. The second kappa shape index (κ2) is 10.3. The van der Waals surface area contributed by atoms with Gasteiger partial charge in [-0.1, -0.05) is 23.7 Å². The van der Waals surface area contributed by atoms with Crippen LogP contribution in [-0.2, 0) is 13.0 Å². The van der Waals surface area contributed by atoms with E-state index in [0.717, 1.165) is 29.7 Å². The Labute approximate surface area is 181 Å². The van der Waals surface area contributed by atoms with Crippen LogP contribution in [0, 0.1) is 11.3 Å². The smallest absolute Gasteiger partial charge is 0.204 e. The van der Waals surface area contributed by atoms with E-state index in [2.05, 4.69) is 25.8 Å². The van der Waals surface area contributed by atoms with Crippen LogP contribution in [0.5, 0.6) is 5.75 Å². The van der Waals surface area contributed by atoms with Gasteiger partial charge in [0.25, 0.3) is 0 Å². The number of aliphatic hydroxyl groups excluding tert-OH is 1. The van der Waals surface area contributed by atoms with Crippen molar-refractivity contribution < 1.29 is 9.84 Å². The minimum Gasteiger partial charge on any atom is -0.491 e. The van der Waals surface area contributed by atoms with Crippen LogP contribution in [0.1, 0.15) is 5.56 Å². The molecule has 7 nitrogen and oxygen atoms in total. The van der Waals surface area contributed by atoms with Crippen molar-refractivity contribution in [1.29, 1.82) is 5.26 Å². The molecule has 1 heterocycles. The molecular weight excluding hydrogens is 402 g/mol. The summed E-state index contributed by atoms with van der Waals surface area (Å²) in [4.78, 5) is 6.75. The van der Waals surface area contributed by atoms with E-state index >= 15 is 0 Å². The van der Waals surface area contributed by atoms with Crippen LogP contribution in [0.2, 0.25) is 5.02 Å². The third-order valence-corrected chi connectivity index (χ3v) is 4.86. The lowest BCUT2D eigenvalue weighted by Crippen LogP contribution is -2.28. The molecule has 0 spiro atoms. The third kappa shape index (κ3) is 5.86. The lowest BCUT2D eigenvalue weighted by Gasteiger charge is -2.16. The first-order chi connectivity index (χ1) is 14.5. The van der Waals surface area contributed by atoms with Crippen molar-refractivity contribution in [3.05, 3.63) is 53.1 Å². The summed E-state index contributed by atoms with van der Waals surface area (Å²) in [6, 6.07) is 15.0. The molecule has 0 amide bonds. The molecular formula is C22H26ClN5O2. The van der Waals surface area contributed by atoms with Crippen molar-refractivity contribution in [2.45, 2.75) is 19.1 Å². The molecule has 0 aliphatic rings. The molecule has 1 unspecified atom stereocenters. The van der Waals surface area contributed by atoms with Gasteiger partial charge in [0.2, 0.25) is 5.95 Å². The predicted molar refractivity (Wildman–Crippen MR) is 119 cm³/mol. The van der Waals surface area contributed by atoms with Gasteiger partial charge in [-0.2, -0.15) is 5.26 Å². The molecule has 3 rings (SSSR count). The first kappa shape index (κ1) is 21.9. The van der Waals surface area contributed by atoms with Gasteiger partial charge in [-0.25, -0.2) is 4.98 Å². The van der Waals surface area contributed by atoms with E-state index in [9.17, 15) is 5.11 Å². The Bertz CT molecular complexity index is 1010. The van der Waals surface area contributed by atoms with E-state index in [0.29, 0.717) is 29.7 Å². The Kier molecular flexibility index (Phi) is 7.52. The largest absolute Gasteiger partial charge is 0.491 e. The fourth-order valence-electron chi connectivity index (χ4n) is 3.01. The van der Waals surface area contributed by atoms with Crippen LogP contribution >= 0.6 is 11.6 Å². The summed E-state index contributed by atoms with van der Waals surface area (Å²) in [6.45, 7) is 2.04. The van der Waals surface area contributed by atoms with Gasteiger partial charge in [-0.15, -0.1) is 0 Å². The first-order valence-corrected chi connectivity index (χ1v) is 10.1. The van der Waals surface area contributed by atoms with Crippen LogP contribution in [0.15, 0.2) is 42.5 Å². The summed E-state index contributed by atoms with van der Waals surface area (Å²) in [5, 5.41) is 23.0. The number of fused-ring (bicyclic) bond motifs is 1. The molecule has 0 saturated carbocycles. The number of rotatable bonds is 10. The van der Waals surface area contributed by atoms with Crippen LogP contribution in [-0.4, -0.2) is 59.5 Å². The lowest BCUT2D eigenvalue weighted by atomic mass is 10.2. The van der Waals surface area contributed by atoms with E-state index in [1.807, 2.05) is 44.4 Å². The summed E-state index contributed by atoms with van der Waals surface area (Å²) < 4.78 is 7.72. The number of hydrogen-bond donors (Lipinski definition) is 2. The van der Waals surface area contributed by atoms with Crippen molar-refractivity contribution >= 4 is 28.6 Å². The molecule has 0 aliphatic heterocycles. The molecule has 0 radical (unpaired) electrons. The minimum atomic E-state index is -0.713. The minimum absolute atomic E-state index is 0.147. The lowest BCUT2D eigenvalue weighted by molar-refractivity contribution is 0.117. The first-order valence-electron chi connectivity index (χ1n) is 9.77. The maximum Gasteiger partial charge on any atom is 0.204 e. The second-order valence-electron chi connectivity index (χ2n) is 7.35. The number of aliphatic hydroxyl groups is 1. The molecule has 0 fully saturated rings. The molecule has 2 N–H and O–H groups in total. The number of likely N-dealkylation sites (N-methyl/N-ethyl adjacent to an activating group) is 1. The maximum atomic E-state index is 10.3. The van der Waals surface area contributed by atoms with E-state index in [4.69, 9.17) is 21.6 Å². The predicted octanol–water partition coefficient (Wildman–Crippen LogP) is 3.17. The van der Waals surface area contributed by atoms with Crippen molar-refractivity contribution in [2.24, 2.45) is 0 Å². The number of imidazole rings is 1. The van der Waals surface area contributed by atoms with Gasteiger partial charge in [0.1, 0.15) is 18.5 Å². The molecule has 3 aromatic rings. The number of aromatic nitrogens is 2. The van der Waals surface area contributed by atoms with Crippen molar-refractivity contribution in [3.63, 3.8) is 0 Å². The van der Waals surface area contributed by atoms with Gasteiger partial charge in [-0.05, 0) is 50.0 Å². The number of halogens is 1. The highest BCUT2D eigenvalue weighted by Crippen LogP contribution is 2.23. The number of benzene rings is 2. The fourth-order valence-corrected chi connectivity index (χ4v) is 3.18. The second-order valence-corrected chi connectivity index (χ2v) is 7.78. The molecule has 8 heteroatoms. The van der Waals surface area contributed by atoms with Crippen molar-refractivity contribution in [2.75, 3.05) is 39.1 Å². The van der Waals surface area contributed by atoms with Gasteiger partial charge in [0.05, 0.1) is 23.5 Å². The normalized spacial score (nSPS) is 12.1. The van der Waals surface area contributed by atoms with Crippen LogP contribution < -0.4 is 10.1 Å². The Morgan fingerprint density at radius 1 is 1.27 bits per heavy atom. The Morgan fingerprint density at radius 3 is 2.73 bits per heavy atom. The highest BCUT2D eigenvalue weighted by molar-refractivity contribution is 6.31. The van der Waals surface area contributed by atoms with Gasteiger partial charge < -0.3 is 24.6 Å². The molecule has 2 aromatic carbocycles. The van der Waals surface area contributed by atoms with E-state index < -0.39 is 6.10 Å². The quantitative estimate of drug-likeness (QED) is 0.517. The monoisotopic (exact) mass is 427 g/mol. The molecule has 1 atom stereocenters.